The Morgan fingerprint density at radius 1 is 1.03 bits per heavy atom. The van der Waals surface area contributed by atoms with Crippen LogP contribution in [0.25, 0.3) is 11.0 Å². The lowest BCUT2D eigenvalue weighted by Gasteiger charge is -2.34. The summed E-state index contributed by atoms with van der Waals surface area (Å²) in [6, 6.07) is 14.5. The number of rotatable bonds is 8. The molecular formula is C29H29F3N4O2. The normalized spacial score (nSPS) is 15.2. The van der Waals surface area contributed by atoms with Crippen LogP contribution in [0.4, 0.5) is 13.2 Å². The lowest BCUT2D eigenvalue weighted by molar-refractivity contribution is -0.138. The number of H-pyrrole nitrogens is 1. The van der Waals surface area contributed by atoms with Crippen molar-refractivity contribution in [1.29, 1.82) is 0 Å². The number of halogens is 3. The van der Waals surface area contributed by atoms with Crippen LogP contribution in [0.2, 0.25) is 0 Å². The number of nitrogens with zero attached hydrogens (tertiary/aromatic N) is 3. The van der Waals surface area contributed by atoms with Crippen LogP contribution in [-0.2, 0) is 19.1 Å². The maximum absolute atomic E-state index is 14.0. The zero-order valence-electron chi connectivity index (χ0n) is 21.1. The lowest BCUT2D eigenvalue weighted by Crippen LogP contribution is -2.45. The van der Waals surface area contributed by atoms with E-state index in [2.05, 4.69) is 26.7 Å². The summed E-state index contributed by atoms with van der Waals surface area (Å²) in [5.74, 6) is 0.759. The summed E-state index contributed by atoms with van der Waals surface area (Å²) in [5, 5.41) is 0.802. The van der Waals surface area contributed by atoms with E-state index in [4.69, 9.17) is 4.74 Å². The van der Waals surface area contributed by atoms with Gasteiger partial charge in [0.05, 0.1) is 10.9 Å². The fraction of sp³-hybridized carbons (Fsp3) is 0.310. The molecule has 1 aliphatic heterocycles. The van der Waals surface area contributed by atoms with Crippen LogP contribution in [0.1, 0.15) is 34.0 Å². The number of hydrogen-bond donors (Lipinski definition) is 1. The van der Waals surface area contributed by atoms with Gasteiger partial charge in [0.2, 0.25) is 0 Å². The maximum Gasteiger partial charge on any atom is 0.416 e. The number of carbonyl (C=O) groups is 1. The third-order valence-electron chi connectivity index (χ3n) is 6.95. The first-order chi connectivity index (χ1) is 18.3. The van der Waals surface area contributed by atoms with Gasteiger partial charge in [0.15, 0.2) is 5.78 Å². The topological polar surface area (TPSA) is 61.5 Å². The molecule has 4 aromatic rings. The van der Waals surface area contributed by atoms with Crippen molar-refractivity contribution in [1.82, 2.24) is 19.8 Å². The average Bonchev–Trinajstić information content (AvgIpc) is 3.40. The Bertz CT molecular complexity index is 1420. The van der Waals surface area contributed by atoms with Crippen LogP contribution in [0.5, 0.6) is 11.5 Å². The highest BCUT2D eigenvalue weighted by Gasteiger charge is 2.34. The third kappa shape index (κ3) is 5.89. The monoisotopic (exact) mass is 522 g/mol. The number of hydrogen-bond acceptors (Lipinski definition) is 5. The second kappa shape index (κ2) is 11.0. The van der Waals surface area contributed by atoms with Gasteiger partial charge in [-0.1, -0.05) is 31.2 Å². The van der Waals surface area contributed by atoms with Crippen molar-refractivity contribution in [3.05, 3.63) is 89.2 Å². The Morgan fingerprint density at radius 3 is 2.58 bits per heavy atom. The van der Waals surface area contributed by atoms with Crippen molar-refractivity contribution >= 4 is 16.8 Å². The molecule has 1 aliphatic rings. The summed E-state index contributed by atoms with van der Waals surface area (Å²) in [5.41, 5.74) is 0.944. The van der Waals surface area contributed by atoms with E-state index >= 15 is 0 Å². The Morgan fingerprint density at radius 2 is 1.82 bits per heavy atom. The molecule has 6 nitrogen and oxygen atoms in total. The summed E-state index contributed by atoms with van der Waals surface area (Å²) < 4.78 is 47.9. The van der Waals surface area contributed by atoms with Gasteiger partial charge in [0, 0.05) is 57.1 Å². The Hall–Kier alpha value is -3.69. The molecule has 3 heterocycles. The van der Waals surface area contributed by atoms with E-state index in [0.717, 1.165) is 44.2 Å². The number of aromatic amines is 1. The molecule has 0 spiro atoms. The number of fused-ring (bicyclic) bond motifs is 1. The number of aromatic nitrogens is 2. The first-order valence-corrected chi connectivity index (χ1v) is 12.7. The quantitative estimate of drug-likeness (QED) is 0.291. The van der Waals surface area contributed by atoms with Crippen LogP contribution in [0.3, 0.4) is 0 Å². The van der Waals surface area contributed by atoms with Gasteiger partial charge < -0.3 is 14.6 Å². The van der Waals surface area contributed by atoms with E-state index in [9.17, 15) is 18.0 Å². The van der Waals surface area contributed by atoms with Crippen molar-refractivity contribution in [2.24, 2.45) is 0 Å². The number of piperazine rings is 1. The third-order valence-corrected chi connectivity index (χ3v) is 6.95. The van der Waals surface area contributed by atoms with Crippen LogP contribution < -0.4 is 4.74 Å². The highest BCUT2D eigenvalue weighted by Crippen LogP contribution is 2.34. The first-order valence-electron chi connectivity index (χ1n) is 12.7. The molecule has 9 heteroatoms. The largest absolute Gasteiger partial charge is 0.457 e. The number of ketones is 1. The zero-order chi connectivity index (χ0) is 26.7. The molecule has 0 bridgehead atoms. The first kappa shape index (κ1) is 25.9. The molecule has 38 heavy (non-hydrogen) atoms. The molecule has 198 valence electrons. The van der Waals surface area contributed by atoms with Gasteiger partial charge >= 0.3 is 6.18 Å². The smallest absolute Gasteiger partial charge is 0.416 e. The Kier molecular flexibility index (Phi) is 7.49. The highest BCUT2D eigenvalue weighted by molar-refractivity contribution is 5.98. The Labute approximate surface area is 219 Å². The van der Waals surface area contributed by atoms with Crippen molar-refractivity contribution in [3.8, 4) is 11.5 Å². The minimum Gasteiger partial charge on any atom is -0.457 e. The number of benzene rings is 2. The van der Waals surface area contributed by atoms with Gasteiger partial charge in [0.25, 0.3) is 0 Å². The maximum atomic E-state index is 14.0. The lowest BCUT2D eigenvalue weighted by atomic mass is 9.97. The van der Waals surface area contributed by atoms with Crippen molar-refractivity contribution < 1.29 is 22.7 Å². The van der Waals surface area contributed by atoms with E-state index in [1.54, 1.807) is 48.8 Å². The van der Waals surface area contributed by atoms with E-state index in [1.165, 1.54) is 6.07 Å². The number of alkyl halides is 3. The molecule has 0 saturated carbocycles. The van der Waals surface area contributed by atoms with Crippen LogP contribution in [0, 0.1) is 0 Å². The van der Waals surface area contributed by atoms with E-state index in [0.29, 0.717) is 28.3 Å². The molecule has 5 rings (SSSR count). The van der Waals surface area contributed by atoms with Crippen LogP contribution in [0.15, 0.2) is 67.0 Å². The van der Waals surface area contributed by atoms with Gasteiger partial charge in [-0.3, -0.25) is 9.69 Å². The van der Waals surface area contributed by atoms with E-state index < -0.39 is 11.7 Å². The SMILES string of the molecule is CCN1CCN(Cc2ccc(CC(=O)c3cccc(Oc4ccnc5[nH]ccc45)c3)cc2C(F)(F)F)CC1. The predicted molar refractivity (Wildman–Crippen MR) is 139 cm³/mol. The fourth-order valence-corrected chi connectivity index (χ4v) is 4.81. The van der Waals surface area contributed by atoms with Gasteiger partial charge in [-0.25, -0.2) is 4.98 Å². The van der Waals surface area contributed by atoms with Crippen molar-refractivity contribution in [2.75, 3.05) is 32.7 Å². The molecule has 0 unspecified atom stereocenters. The molecule has 0 aliphatic carbocycles. The number of carbonyl (C=O) groups excluding carboxylic acids is 1. The number of ether oxygens (including phenoxy) is 1. The van der Waals surface area contributed by atoms with E-state index in [1.807, 2.05) is 6.07 Å². The fourth-order valence-electron chi connectivity index (χ4n) is 4.81. The number of likely N-dealkylation sites (N-methyl/N-ethyl adjacent to an activating group) is 1. The van der Waals surface area contributed by atoms with Gasteiger partial charge in [-0.05, 0) is 48.0 Å². The molecule has 1 N–H and O–H groups in total. The second-order valence-corrected chi connectivity index (χ2v) is 9.48. The summed E-state index contributed by atoms with van der Waals surface area (Å²) >= 11 is 0. The van der Waals surface area contributed by atoms with Gasteiger partial charge in [-0.15, -0.1) is 0 Å². The summed E-state index contributed by atoms with van der Waals surface area (Å²) in [4.78, 5) is 24.6. The number of Topliss-reactive ketones (excluding diaryl/α,β-unsaturated/α-hetero) is 1. The molecule has 2 aromatic carbocycles. The molecular weight excluding hydrogens is 493 g/mol. The standard InChI is InChI=1S/C29H29F3N4O2/c1-2-35-12-14-36(15-13-35)19-22-7-6-20(16-25(22)29(30,31)32)17-26(37)21-4-3-5-23(18-21)38-27-9-11-34-28-24(27)8-10-33-28/h3-11,16,18H,2,12-15,17,19H2,1H3,(H,33,34). The molecule has 1 fully saturated rings. The highest BCUT2D eigenvalue weighted by atomic mass is 19.4. The average molecular weight is 523 g/mol. The number of nitrogens with one attached hydrogen (secondary N) is 1. The minimum atomic E-state index is -4.50. The second-order valence-electron chi connectivity index (χ2n) is 9.48. The minimum absolute atomic E-state index is 0.140. The van der Waals surface area contributed by atoms with E-state index in [-0.39, 0.29) is 24.3 Å². The Balaban J connectivity index is 1.31. The number of pyridine rings is 1. The van der Waals surface area contributed by atoms with Crippen LogP contribution >= 0.6 is 0 Å². The van der Waals surface area contributed by atoms with Crippen molar-refractivity contribution in [3.63, 3.8) is 0 Å². The molecule has 0 amide bonds. The summed E-state index contributed by atoms with van der Waals surface area (Å²) in [6.07, 6.45) is -1.26. The summed E-state index contributed by atoms with van der Waals surface area (Å²) in [7, 11) is 0. The molecule has 2 aromatic heterocycles. The molecule has 1 saturated heterocycles. The van der Waals surface area contributed by atoms with Crippen LogP contribution in [-0.4, -0.2) is 58.3 Å². The zero-order valence-corrected chi connectivity index (χ0v) is 21.1. The van der Waals surface area contributed by atoms with Gasteiger partial charge in [0.1, 0.15) is 17.1 Å². The van der Waals surface area contributed by atoms with Gasteiger partial charge in [-0.2, -0.15) is 13.2 Å². The molecule has 0 radical (unpaired) electrons. The predicted octanol–water partition coefficient (Wildman–Crippen LogP) is 5.94. The summed E-state index contributed by atoms with van der Waals surface area (Å²) in [6.45, 7) is 6.44. The van der Waals surface area contributed by atoms with Crippen molar-refractivity contribution in [2.45, 2.75) is 26.1 Å². The molecule has 0 atom stereocenters.